The number of halogens is 3. The molecule has 1 atom stereocenters. The molecule has 2 aliphatic carbocycles. The molecule has 0 spiro atoms. The summed E-state index contributed by atoms with van der Waals surface area (Å²) in [6.07, 6.45) is 3.29. The van der Waals surface area contributed by atoms with Crippen LogP contribution in [-0.4, -0.2) is 19.3 Å². The molecule has 0 aliphatic heterocycles. The molecule has 1 N–H and O–H groups in total. The van der Waals surface area contributed by atoms with Gasteiger partial charge >= 0.3 is 6.18 Å². The first-order valence-electron chi connectivity index (χ1n) is 7.24. The predicted molar refractivity (Wildman–Crippen MR) is 66.3 cm³/mol. The zero-order valence-electron chi connectivity index (χ0n) is 11.1. The summed E-state index contributed by atoms with van der Waals surface area (Å²) in [5.41, 5.74) is 0. The maximum atomic E-state index is 12.6. The van der Waals surface area contributed by atoms with E-state index in [0.717, 1.165) is 25.2 Å². The number of rotatable bonds is 4. The standard InChI is InChI=1S/C14H24F3N/c1-18-13(9-10-3-2-4-10)11-5-7-12(8-6-11)14(15,16)17/h10-13,18H,2-9H2,1H3. The molecule has 0 radical (unpaired) electrons. The van der Waals surface area contributed by atoms with Crippen LogP contribution in [0.1, 0.15) is 51.4 Å². The number of hydrogen-bond donors (Lipinski definition) is 1. The Morgan fingerprint density at radius 2 is 1.67 bits per heavy atom. The van der Waals surface area contributed by atoms with E-state index in [1.165, 1.54) is 19.3 Å². The Hall–Kier alpha value is -0.250. The maximum absolute atomic E-state index is 12.6. The second-order valence-corrected chi connectivity index (χ2v) is 6.08. The molecule has 2 fully saturated rings. The SMILES string of the molecule is CNC(CC1CCC1)C1CCC(C(F)(F)F)CC1. The van der Waals surface area contributed by atoms with E-state index in [1.807, 2.05) is 7.05 Å². The fourth-order valence-corrected chi connectivity index (χ4v) is 3.48. The zero-order valence-corrected chi connectivity index (χ0v) is 11.1. The van der Waals surface area contributed by atoms with E-state index in [-0.39, 0.29) is 0 Å². The fraction of sp³-hybridized carbons (Fsp3) is 1.00. The highest BCUT2D eigenvalue weighted by Crippen LogP contribution is 2.42. The molecular weight excluding hydrogens is 239 g/mol. The number of hydrogen-bond acceptors (Lipinski definition) is 1. The van der Waals surface area contributed by atoms with E-state index in [4.69, 9.17) is 0 Å². The van der Waals surface area contributed by atoms with Crippen LogP contribution in [0, 0.1) is 17.8 Å². The average molecular weight is 263 g/mol. The van der Waals surface area contributed by atoms with Gasteiger partial charge in [0.2, 0.25) is 0 Å². The molecule has 1 unspecified atom stereocenters. The molecule has 2 aliphatic rings. The summed E-state index contributed by atoms with van der Waals surface area (Å²) in [7, 11) is 1.96. The van der Waals surface area contributed by atoms with Crippen LogP contribution in [0.15, 0.2) is 0 Å². The second kappa shape index (κ2) is 5.81. The van der Waals surface area contributed by atoms with Gasteiger partial charge in [-0.15, -0.1) is 0 Å². The summed E-state index contributed by atoms with van der Waals surface area (Å²) in [5.74, 6) is 0.229. The summed E-state index contributed by atoms with van der Waals surface area (Å²) >= 11 is 0. The van der Waals surface area contributed by atoms with Crippen molar-refractivity contribution in [2.24, 2.45) is 17.8 Å². The van der Waals surface area contributed by atoms with Gasteiger partial charge in [-0.05, 0) is 51.0 Å². The Kier molecular flexibility index (Phi) is 4.57. The van der Waals surface area contributed by atoms with Gasteiger partial charge in [-0.25, -0.2) is 0 Å². The van der Waals surface area contributed by atoms with Crippen molar-refractivity contribution in [3.05, 3.63) is 0 Å². The fourth-order valence-electron chi connectivity index (χ4n) is 3.48. The Morgan fingerprint density at radius 3 is 2.06 bits per heavy atom. The Morgan fingerprint density at radius 1 is 1.06 bits per heavy atom. The van der Waals surface area contributed by atoms with Crippen molar-refractivity contribution in [1.29, 1.82) is 0 Å². The van der Waals surface area contributed by atoms with Crippen LogP contribution in [0.2, 0.25) is 0 Å². The molecule has 106 valence electrons. The minimum atomic E-state index is -3.98. The van der Waals surface area contributed by atoms with E-state index >= 15 is 0 Å². The molecule has 4 heteroatoms. The van der Waals surface area contributed by atoms with E-state index < -0.39 is 12.1 Å². The Bertz CT molecular complexity index is 252. The van der Waals surface area contributed by atoms with E-state index in [1.54, 1.807) is 0 Å². The summed E-state index contributed by atoms with van der Waals surface area (Å²) < 4.78 is 37.8. The molecule has 0 aromatic rings. The summed E-state index contributed by atoms with van der Waals surface area (Å²) in [6.45, 7) is 0. The van der Waals surface area contributed by atoms with Gasteiger partial charge in [-0.1, -0.05) is 19.3 Å². The normalized spacial score (nSPS) is 32.0. The third-order valence-corrected chi connectivity index (χ3v) is 4.99. The monoisotopic (exact) mass is 263 g/mol. The molecule has 0 saturated heterocycles. The van der Waals surface area contributed by atoms with Crippen LogP contribution in [0.3, 0.4) is 0 Å². The molecule has 0 heterocycles. The Labute approximate surface area is 108 Å². The van der Waals surface area contributed by atoms with E-state index in [0.29, 0.717) is 24.8 Å². The van der Waals surface area contributed by atoms with Crippen LogP contribution >= 0.6 is 0 Å². The largest absolute Gasteiger partial charge is 0.391 e. The lowest BCUT2D eigenvalue weighted by atomic mass is 9.73. The van der Waals surface area contributed by atoms with Crippen molar-refractivity contribution in [2.45, 2.75) is 63.6 Å². The average Bonchev–Trinajstić information content (AvgIpc) is 2.27. The lowest BCUT2D eigenvalue weighted by molar-refractivity contribution is -0.184. The van der Waals surface area contributed by atoms with Crippen molar-refractivity contribution >= 4 is 0 Å². The van der Waals surface area contributed by atoms with Crippen molar-refractivity contribution in [3.63, 3.8) is 0 Å². The predicted octanol–water partition coefficient (Wildman–Crippen LogP) is 4.13. The lowest BCUT2D eigenvalue weighted by Crippen LogP contribution is -2.40. The van der Waals surface area contributed by atoms with Crippen LogP contribution in [0.5, 0.6) is 0 Å². The molecule has 0 aromatic heterocycles. The van der Waals surface area contributed by atoms with Gasteiger partial charge in [0.15, 0.2) is 0 Å². The smallest absolute Gasteiger partial charge is 0.317 e. The maximum Gasteiger partial charge on any atom is 0.391 e. The van der Waals surface area contributed by atoms with Crippen LogP contribution in [0.25, 0.3) is 0 Å². The molecule has 18 heavy (non-hydrogen) atoms. The van der Waals surface area contributed by atoms with Crippen molar-refractivity contribution in [3.8, 4) is 0 Å². The molecule has 0 amide bonds. The van der Waals surface area contributed by atoms with E-state index in [2.05, 4.69) is 5.32 Å². The van der Waals surface area contributed by atoms with Gasteiger partial charge in [0.25, 0.3) is 0 Å². The van der Waals surface area contributed by atoms with Gasteiger partial charge < -0.3 is 5.32 Å². The molecule has 2 rings (SSSR count). The van der Waals surface area contributed by atoms with Crippen molar-refractivity contribution in [1.82, 2.24) is 5.32 Å². The van der Waals surface area contributed by atoms with E-state index in [9.17, 15) is 13.2 Å². The minimum absolute atomic E-state index is 0.330. The first-order chi connectivity index (χ1) is 8.50. The zero-order chi connectivity index (χ0) is 13.2. The molecule has 0 bridgehead atoms. The summed E-state index contributed by atoms with van der Waals surface area (Å²) in [6, 6.07) is 0.435. The topological polar surface area (TPSA) is 12.0 Å². The molecular formula is C14H24F3N. The van der Waals surface area contributed by atoms with Gasteiger partial charge in [0.05, 0.1) is 5.92 Å². The minimum Gasteiger partial charge on any atom is -0.317 e. The van der Waals surface area contributed by atoms with Crippen LogP contribution in [-0.2, 0) is 0 Å². The van der Waals surface area contributed by atoms with Gasteiger partial charge in [0, 0.05) is 6.04 Å². The first kappa shape index (κ1) is 14.2. The highest BCUT2D eigenvalue weighted by molar-refractivity contribution is 4.86. The van der Waals surface area contributed by atoms with Gasteiger partial charge in [-0.2, -0.15) is 13.2 Å². The molecule has 0 aromatic carbocycles. The lowest BCUT2D eigenvalue weighted by Gasteiger charge is -2.37. The summed E-state index contributed by atoms with van der Waals surface area (Å²) in [5, 5.41) is 3.34. The van der Waals surface area contributed by atoms with Crippen molar-refractivity contribution < 1.29 is 13.2 Å². The second-order valence-electron chi connectivity index (χ2n) is 6.08. The third-order valence-electron chi connectivity index (χ3n) is 4.99. The summed E-state index contributed by atoms with van der Waals surface area (Å²) in [4.78, 5) is 0. The van der Waals surface area contributed by atoms with Crippen molar-refractivity contribution in [2.75, 3.05) is 7.05 Å². The van der Waals surface area contributed by atoms with Gasteiger partial charge in [0.1, 0.15) is 0 Å². The van der Waals surface area contributed by atoms with Crippen LogP contribution in [0.4, 0.5) is 13.2 Å². The molecule has 1 nitrogen and oxygen atoms in total. The quantitative estimate of drug-likeness (QED) is 0.804. The van der Waals surface area contributed by atoms with Crippen LogP contribution < -0.4 is 5.32 Å². The number of alkyl halides is 3. The number of nitrogens with one attached hydrogen (secondary N) is 1. The molecule has 2 saturated carbocycles. The first-order valence-corrected chi connectivity index (χ1v) is 7.24. The highest BCUT2D eigenvalue weighted by atomic mass is 19.4. The van der Waals surface area contributed by atoms with Gasteiger partial charge in [-0.3, -0.25) is 0 Å². The highest BCUT2D eigenvalue weighted by Gasteiger charge is 2.42. The Balaban J connectivity index is 1.79. The third kappa shape index (κ3) is 3.40.